The van der Waals surface area contributed by atoms with Gasteiger partial charge in [-0.3, -0.25) is 0 Å². The molecule has 3 heteroatoms. The molecule has 15 heavy (non-hydrogen) atoms. The lowest BCUT2D eigenvalue weighted by Crippen LogP contribution is -2.29. The van der Waals surface area contributed by atoms with Gasteiger partial charge < -0.3 is 10.2 Å². The van der Waals surface area contributed by atoms with Crippen molar-refractivity contribution in [1.82, 2.24) is 5.32 Å². The van der Waals surface area contributed by atoms with Crippen molar-refractivity contribution in [1.29, 1.82) is 5.26 Å². The van der Waals surface area contributed by atoms with Crippen molar-refractivity contribution in [2.45, 2.75) is 13.0 Å². The molecule has 1 aliphatic heterocycles. The van der Waals surface area contributed by atoms with Gasteiger partial charge >= 0.3 is 0 Å². The average molecular weight is 201 g/mol. The maximum Gasteiger partial charge on any atom is 0.0640 e. The van der Waals surface area contributed by atoms with E-state index in [0.29, 0.717) is 6.42 Å². The maximum atomic E-state index is 8.62. The summed E-state index contributed by atoms with van der Waals surface area (Å²) in [6, 6.07) is 10.6. The minimum Gasteiger partial charge on any atom is -0.369 e. The number of benzene rings is 1. The van der Waals surface area contributed by atoms with E-state index < -0.39 is 0 Å². The molecular weight excluding hydrogens is 186 g/mol. The Labute approximate surface area is 90.3 Å². The zero-order valence-corrected chi connectivity index (χ0v) is 8.74. The number of nitrogens with zero attached hydrogens (tertiary/aromatic N) is 2. The number of hydrogen-bond acceptors (Lipinski definition) is 3. The van der Waals surface area contributed by atoms with Gasteiger partial charge in [-0.1, -0.05) is 18.2 Å². The first-order valence-corrected chi connectivity index (χ1v) is 5.32. The van der Waals surface area contributed by atoms with Crippen LogP contribution in [0.15, 0.2) is 24.3 Å². The van der Waals surface area contributed by atoms with E-state index in [1.807, 2.05) is 0 Å². The molecule has 78 valence electrons. The summed E-state index contributed by atoms with van der Waals surface area (Å²) in [5, 5.41) is 12.0. The van der Waals surface area contributed by atoms with Gasteiger partial charge in [0.15, 0.2) is 0 Å². The van der Waals surface area contributed by atoms with E-state index >= 15 is 0 Å². The summed E-state index contributed by atoms with van der Waals surface area (Å²) < 4.78 is 0. The van der Waals surface area contributed by atoms with Gasteiger partial charge in [-0.2, -0.15) is 5.26 Å². The lowest BCUT2D eigenvalue weighted by atomic mass is 10.1. The molecule has 1 N–H and O–H groups in total. The van der Waals surface area contributed by atoms with Crippen LogP contribution in [0.5, 0.6) is 0 Å². The Morgan fingerprint density at radius 2 is 2.27 bits per heavy atom. The van der Waals surface area contributed by atoms with Crippen LogP contribution in [0.25, 0.3) is 0 Å². The maximum absolute atomic E-state index is 8.62. The quantitative estimate of drug-likeness (QED) is 0.788. The minimum atomic E-state index is 0.592. The summed E-state index contributed by atoms with van der Waals surface area (Å²) >= 11 is 0. The largest absolute Gasteiger partial charge is 0.369 e. The van der Waals surface area contributed by atoms with E-state index in [9.17, 15) is 0 Å². The van der Waals surface area contributed by atoms with E-state index in [0.717, 1.165) is 26.2 Å². The lowest BCUT2D eigenvalue weighted by Gasteiger charge is -2.23. The smallest absolute Gasteiger partial charge is 0.0640 e. The van der Waals surface area contributed by atoms with Gasteiger partial charge in [-0.15, -0.1) is 0 Å². The molecule has 0 aromatic heterocycles. The highest BCUT2D eigenvalue weighted by Gasteiger charge is 2.13. The molecule has 3 nitrogen and oxygen atoms in total. The molecular formula is C12H15N3. The van der Waals surface area contributed by atoms with E-state index in [1.165, 1.54) is 11.3 Å². The van der Waals surface area contributed by atoms with Crippen molar-refractivity contribution in [3.63, 3.8) is 0 Å². The Hall–Kier alpha value is -1.53. The number of para-hydroxylation sites is 1. The van der Waals surface area contributed by atoms with Crippen LogP contribution >= 0.6 is 0 Å². The highest BCUT2D eigenvalue weighted by atomic mass is 15.2. The number of nitriles is 1. The lowest BCUT2D eigenvalue weighted by molar-refractivity contribution is 0.690. The fraction of sp³-hybridized carbons (Fsp3) is 0.417. The molecule has 0 fully saturated rings. The van der Waals surface area contributed by atoms with Crippen molar-refractivity contribution in [2.24, 2.45) is 0 Å². The molecule has 0 amide bonds. The summed E-state index contributed by atoms with van der Waals surface area (Å²) in [6.45, 7) is 3.73. The molecule has 2 rings (SSSR count). The van der Waals surface area contributed by atoms with Crippen LogP contribution in [0.1, 0.15) is 12.0 Å². The van der Waals surface area contributed by atoms with Crippen LogP contribution in [0.3, 0.4) is 0 Å². The molecule has 0 radical (unpaired) electrons. The first-order chi connectivity index (χ1) is 7.42. The monoisotopic (exact) mass is 201 g/mol. The Kier molecular flexibility index (Phi) is 3.21. The van der Waals surface area contributed by atoms with Crippen molar-refractivity contribution in [3.8, 4) is 6.07 Å². The van der Waals surface area contributed by atoms with Gasteiger partial charge in [-0.25, -0.2) is 0 Å². The van der Waals surface area contributed by atoms with Crippen LogP contribution in [-0.4, -0.2) is 19.6 Å². The molecule has 0 unspecified atom stereocenters. The predicted molar refractivity (Wildman–Crippen MR) is 60.6 cm³/mol. The van der Waals surface area contributed by atoms with Crippen molar-refractivity contribution in [3.05, 3.63) is 29.8 Å². The van der Waals surface area contributed by atoms with Crippen molar-refractivity contribution >= 4 is 5.69 Å². The second-order valence-electron chi connectivity index (χ2n) is 3.70. The second kappa shape index (κ2) is 4.81. The van der Waals surface area contributed by atoms with Gasteiger partial charge in [0.25, 0.3) is 0 Å². The topological polar surface area (TPSA) is 39.1 Å². The Morgan fingerprint density at radius 3 is 3.13 bits per heavy atom. The minimum absolute atomic E-state index is 0.592. The van der Waals surface area contributed by atoms with E-state index in [-0.39, 0.29) is 0 Å². The number of rotatable bonds is 2. The molecule has 1 heterocycles. The molecule has 1 aliphatic rings. The first kappa shape index (κ1) is 10.0. The summed E-state index contributed by atoms with van der Waals surface area (Å²) in [7, 11) is 0. The van der Waals surface area contributed by atoms with Crippen LogP contribution in [0.2, 0.25) is 0 Å². The fourth-order valence-corrected chi connectivity index (χ4v) is 1.94. The number of nitrogens with one attached hydrogen (secondary N) is 1. The number of hydrogen-bond donors (Lipinski definition) is 1. The Balaban J connectivity index is 2.21. The standard InChI is InChI=1S/C12H15N3/c13-6-3-8-15-9-7-14-10-11-4-1-2-5-12(11)15/h1-2,4-5,14H,3,7-10H2. The second-order valence-corrected chi connectivity index (χ2v) is 3.70. The molecule has 0 atom stereocenters. The van der Waals surface area contributed by atoms with E-state index in [4.69, 9.17) is 5.26 Å². The van der Waals surface area contributed by atoms with Gasteiger partial charge in [0, 0.05) is 31.9 Å². The third kappa shape index (κ3) is 2.28. The molecule has 0 saturated carbocycles. The fourth-order valence-electron chi connectivity index (χ4n) is 1.94. The molecule has 1 aromatic rings. The van der Waals surface area contributed by atoms with Gasteiger partial charge in [0.05, 0.1) is 12.5 Å². The van der Waals surface area contributed by atoms with Crippen LogP contribution < -0.4 is 10.2 Å². The molecule has 0 bridgehead atoms. The van der Waals surface area contributed by atoms with E-state index in [1.54, 1.807) is 0 Å². The SMILES string of the molecule is N#CCCN1CCNCc2ccccc21. The first-order valence-electron chi connectivity index (χ1n) is 5.32. The third-order valence-electron chi connectivity index (χ3n) is 2.70. The summed E-state index contributed by atoms with van der Waals surface area (Å²) in [5.41, 5.74) is 2.60. The zero-order valence-electron chi connectivity index (χ0n) is 8.74. The number of anilines is 1. The van der Waals surface area contributed by atoms with Gasteiger partial charge in [0.1, 0.15) is 0 Å². The average Bonchev–Trinajstić information content (AvgIpc) is 2.49. The van der Waals surface area contributed by atoms with Crippen LogP contribution in [0.4, 0.5) is 5.69 Å². The van der Waals surface area contributed by atoms with Crippen molar-refractivity contribution in [2.75, 3.05) is 24.5 Å². The zero-order chi connectivity index (χ0) is 10.5. The summed E-state index contributed by atoms with van der Waals surface area (Å²) in [6.07, 6.45) is 0.592. The van der Waals surface area contributed by atoms with E-state index in [2.05, 4.69) is 40.6 Å². The highest BCUT2D eigenvalue weighted by molar-refractivity contribution is 5.54. The normalized spacial score (nSPS) is 15.3. The van der Waals surface area contributed by atoms with Gasteiger partial charge in [0.2, 0.25) is 0 Å². The highest BCUT2D eigenvalue weighted by Crippen LogP contribution is 2.21. The summed E-state index contributed by atoms with van der Waals surface area (Å²) in [4.78, 5) is 2.29. The van der Waals surface area contributed by atoms with Gasteiger partial charge in [-0.05, 0) is 11.6 Å². The Bertz CT molecular complexity index is 367. The van der Waals surface area contributed by atoms with Crippen molar-refractivity contribution < 1.29 is 0 Å². The molecule has 1 aromatic carbocycles. The predicted octanol–water partition coefficient (Wildman–Crippen LogP) is 1.51. The van der Waals surface area contributed by atoms with Crippen LogP contribution in [0, 0.1) is 11.3 Å². The summed E-state index contributed by atoms with van der Waals surface area (Å²) in [5.74, 6) is 0. The molecule has 0 spiro atoms. The number of fused-ring (bicyclic) bond motifs is 1. The Morgan fingerprint density at radius 1 is 1.40 bits per heavy atom. The molecule has 0 saturated heterocycles. The molecule has 0 aliphatic carbocycles. The third-order valence-corrected chi connectivity index (χ3v) is 2.70. The van der Waals surface area contributed by atoms with Crippen LogP contribution in [-0.2, 0) is 6.54 Å².